The van der Waals surface area contributed by atoms with Gasteiger partial charge in [0.2, 0.25) is 5.91 Å². The molecule has 2 atom stereocenters. The molecule has 0 bridgehead atoms. The number of pyridine rings is 1. The Balaban J connectivity index is 1.81. The second-order valence-corrected chi connectivity index (χ2v) is 12.1. The predicted molar refractivity (Wildman–Crippen MR) is 172 cm³/mol. The summed E-state index contributed by atoms with van der Waals surface area (Å²) in [6, 6.07) is 6.53. The number of piperazine rings is 1. The van der Waals surface area contributed by atoms with Crippen LogP contribution in [0.1, 0.15) is 37.9 Å². The lowest BCUT2D eigenvalue weighted by molar-refractivity contribution is -0.130. The SMILES string of the molecule is C=CC(=O)N1CC2C(=O)N(C)c3c(Cl)c(-c4ccccc4O)c(F)c4c3c(nc(=O)n4-c3c(C)ccnc3C(C)C)N2CC1C. The van der Waals surface area contributed by atoms with Crippen LogP contribution in [0.5, 0.6) is 5.75 Å². The van der Waals surface area contributed by atoms with Crippen molar-refractivity contribution in [3.63, 3.8) is 0 Å². The van der Waals surface area contributed by atoms with E-state index in [9.17, 15) is 19.5 Å². The number of hydrogen-bond donors (Lipinski definition) is 1. The number of aryl methyl sites for hydroxylation is 1. The van der Waals surface area contributed by atoms with Gasteiger partial charge < -0.3 is 19.8 Å². The standard InChI is InChI=1S/C33H32ClFN6O4/c1-7-22(43)39-15-20-32(44)38(6)29-24-30(26(35)23(25(29)34)19-10-8-9-11-21(19)42)41(28-17(4)12-13-36-27(28)16(2)3)33(45)37-31(24)40(20)14-18(39)5/h7-13,16,18,20,42H,1,14-15H2,2-6H3. The molecule has 2 aromatic carbocycles. The number of benzene rings is 2. The Morgan fingerprint density at radius 3 is 2.56 bits per heavy atom. The first-order chi connectivity index (χ1) is 21.4. The zero-order valence-corrected chi connectivity index (χ0v) is 26.3. The predicted octanol–water partition coefficient (Wildman–Crippen LogP) is 4.95. The Labute approximate surface area is 264 Å². The number of aromatic nitrogens is 3. The summed E-state index contributed by atoms with van der Waals surface area (Å²) in [4.78, 5) is 54.8. The summed E-state index contributed by atoms with van der Waals surface area (Å²) >= 11 is 7.05. The number of carbonyl (C=O) groups excluding carboxylic acids is 2. The molecule has 4 heterocycles. The Morgan fingerprint density at radius 1 is 1.18 bits per heavy atom. The third kappa shape index (κ3) is 4.48. The number of halogens is 2. The molecule has 2 aliphatic rings. The minimum atomic E-state index is -0.951. The highest BCUT2D eigenvalue weighted by Gasteiger charge is 2.45. The molecule has 0 radical (unpaired) electrons. The number of nitrogens with zero attached hydrogens (tertiary/aromatic N) is 6. The van der Waals surface area contributed by atoms with Gasteiger partial charge in [0.05, 0.1) is 34.0 Å². The summed E-state index contributed by atoms with van der Waals surface area (Å²) in [7, 11) is 1.52. The maximum absolute atomic E-state index is 17.4. The number of aromatic hydroxyl groups is 1. The van der Waals surface area contributed by atoms with Crippen molar-refractivity contribution in [1.29, 1.82) is 0 Å². The molecular formula is C33H32ClFN6O4. The lowest BCUT2D eigenvalue weighted by atomic mass is 9.98. The van der Waals surface area contributed by atoms with E-state index in [-0.39, 0.29) is 75.3 Å². The average Bonchev–Trinajstić information content (AvgIpc) is 3.08. The quantitative estimate of drug-likeness (QED) is 0.318. The van der Waals surface area contributed by atoms with Gasteiger partial charge in [0.25, 0.3) is 5.91 Å². The number of carbonyl (C=O) groups is 2. The van der Waals surface area contributed by atoms with Crippen LogP contribution in [0.15, 0.2) is 54.0 Å². The molecule has 0 aliphatic carbocycles. The number of amides is 2. The van der Waals surface area contributed by atoms with Gasteiger partial charge in [-0.3, -0.25) is 19.1 Å². The highest BCUT2D eigenvalue weighted by molar-refractivity contribution is 6.39. The Morgan fingerprint density at radius 2 is 1.89 bits per heavy atom. The maximum Gasteiger partial charge on any atom is 0.354 e. The molecule has 2 aromatic heterocycles. The molecule has 2 amide bonds. The van der Waals surface area contributed by atoms with E-state index in [1.165, 1.54) is 39.6 Å². The number of para-hydroxylation sites is 1. The maximum atomic E-state index is 17.4. The van der Waals surface area contributed by atoms with Crippen molar-refractivity contribution in [2.45, 2.75) is 45.7 Å². The smallest absolute Gasteiger partial charge is 0.354 e. The normalized spacial score (nSPS) is 18.0. The van der Waals surface area contributed by atoms with Crippen molar-refractivity contribution in [3.8, 4) is 22.6 Å². The average molecular weight is 631 g/mol. The fourth-order valence-corrected chi connectivity index (χ4v) is 6.90. The van der Waals surface area contributed by atoms with E-state index in [2.05, 4.69) is 16.5 Å². The van der Waals surface area contributed by atoms with Gasteiger partial charge >= 0.3 is 5.69 Å². The van der Waals surface area contributed by atoms with E-state index in [0.717, 1.165) is 0 Å². The van der Waals surface area contributed by atoms with Gasteiger partial charge in [-0.25, -0.2) is 9.18 Å². The van der Waals surface area contributed by atoms with Gasteiger partial charge in [-0.2, -0.15) is 4.98 Å². The summed E-state index contributed by atoms with van der Waals surface area (Å²) < 4.78 is 18.6. The van der Waals surface area contributed by atoms with Crippen LogP contribution in [0.2, 0.25) is 5.02 Å². The van der Waals surface area contributed by atoms with Crippen molar-refractivity contribution in [2.75, 3.05) is 29.9 Å². The fraction of sp³-hybridized carbons (Fsp3) is 0.303. The molecule has 12 heteroatoms. The van der Waals surface area contributed by atoms with E-state index in [1.54, 1.807) is 36.2 Å². The minimum absolute atomic E-state index is 0.0128. The first kappa shape index (κ1) is 30.3. The highest BCUT2D eigenvalue weighted by atomic mass is 35.5. The van der Waals surface area contributed by atoms with Crippen LogP contribution in [0.25, 0.3) is 27.7 Å². The molecule has 10 nitrogen and oxygen atoms in total. The molecule has 0 spiro atoms. The van der Waals surface area contributed by atoms with Crippen molar-refractivity contribution in [2.24, 2.45) is 0 Å². The van der Waals surface area contributed by atoms with Gasteiger partial charge in [0.1, 0.15) is 23.1 Å². The van der Waals surface area contributed by atoms with E-state index in [4.69, 9.17) is 11.6 Å². The lowest BCUT2D eigenvalue weighted by Gasteiger charge is -2.44. The number of hydrogen-bond acceptors (Lipinski definition) is 7. The van der Waals surface area contributed by atoms with Crippen molar-refractivity contribution in [1.82, 2.24) is 19.4 Å². The minimum Gasteiger partial charge on any atom is -0.507 e. The van der Waals surface area contributed by atoms with Gasteiger partial charge in [0, 0.05) is 37.0 Å². The molecule has 4 aromatic rings. The number of anilines is 2. The van der Waals surface area contributed by atoms with Gasteiger partial charge in [-0.1, -0.05) is 50.2 Å². The molecule has 1 saturated heterocycles. The van der Waals surface area contributed by atoms with Gasteiger partial charge in [-0.05, 0) is 43.5 Å². The topological polar surface area (TPSA) is 112 Å². The zero-order valence-electron chi connectivity index (χ0n) is 25.5. The number of rotatable bonds is 4. The third-order valence-electron chi connectivity index (χ3n) is 8.69. The number of fused-ring (bicyclic) bond motifs is 2. The highest BCUT2D eigenvalue weighted by Crippen LogP contribution is 2.50. The van der Waals surface area contributed by atoms with Crippen LogP contribution in [0, 0.1) is 12.7 Å². The number of likely N-dealkylation sites (N-methyl/N-ethyl adjacent to an activating group) is 1. The third-order valence-corrected chi connectivity index (χ3v) is 9.05. The van der Waals surface area contributed by atoms with Crippen LogP contribution in [0.3, 0.4) is 0 Å². The first-order valence-corrected chi connectivity index (χ1v) is 15.0. The molecular weight excluding hydrogens is 599 g/mol. The molecule has 45 heavy (non-hydrogen) atoms. The van der Waals surface area contributed by atoms with E-state index in [0.29, 0.717) is 16.9 Å². The molecule has 1 N–H and O–H groups in total. The second-order valence-electron chi connectivity index (χ2n) is 11.8. The fourth-order valence-electron chi connectivity index (χ4n) is 6.49. The van der Waals surface area contributed by atoms with E-state index < -0.39 is 23.5 Å². The molecule has 6 rings (SSSR count). The summed E-state index contributed by atoms with van der Waals surface area (Å²) in [6.45, 7) is 11.2. The first-order valence-electron chi connectivity index (χ1n) is 14.6. The molecule has 0 saturated carbocycles. The molecule has 232 valence electrons. The van der Waals surface area contributed by atoms with E-state index in [1.807, 2.05) is 20.8 Å². The summed E-state index contributed by atoms with van der Waals surface area (Å²) in [5, 5.41) is 10.9. The van der Waals surface area contributed by atoms with Crippen LogP contribution >= 0.6 is 11.6 Å². The van der Waals surface area contributed by atoms with Crippen LogP contribution in [-0.4, -0.2) is 68.6 Å². The lowest BCUT2D eigenvalue weighted by Crippen LogP contribution is -2.63. The summed E-state index contributed by atoms with van der Waals surface area (Å²) in [5.74, 6) is -1.94. The van der Waals surface area contributed by atoms with Gasteiger partial charge in [0.15, 0.2) is 5.82 Å². The Bertz CT molecular complexity index is 1990. The summed E-state index contributed by atoms with van der Waals surface area (Å²) in [5.41, 5.74) is 0.690. The largest absolute Gasteiger partial charge is 0.507 e. The number of phenolic OH excluding ortho intramolecular Hbond substituents is 1. The van der Waals surface area contributed by atoms with Crippen molar-refractivity contribution < 1.29 is 19.1 Å². The van der Waals surface area contributed by atoms with Crippen molar-refractivity contribution in [3.05, 3.63) is 81.8 Å². The van der Waals surface area contributed by atoms with E-state index >= 15 is 4.39 Å². The second kappa shape index (κ2) is 11.0. The Kier molecular flexibility index (Phi) is 7.39. The zero-order chi connectivity index (χ0) is 32.5. The number of phenols is 1. The molecule has 1 fully saturated rings. The monoisotopic (exact) mass is 630 g/mol. The summed E-state index contributed by atoms with van der Waals surface area (Å²) in [6.07, 6.45) is 2.82. The Hall–Kier alpha value is -4.77. The van der Waals surface area contributed by atoms with Crippen LogP contribution in [-0.2, 0) is 9.59 Å². The molecule has 2 unspecified atom stereocenters. The van der Waals surface area contributed by atoms with Gasteiger partial charge in [-0.15, -0.1) is 0 Å². The van der Waals surface area contributed by atoms with Crippen LogP contribution in [0.4, 0.5) is 15.9 Å². The van der Waals surface area contributed by atoms with Crippen LogP contribution < -0.4 is 15.5 Å². The van der Waals surface area contributed by atoms with Crippen molar-refractivity contribution >= 4 is 45.8 Å². The molecule has 2 aliphatic heterocycles.